The molecule has 1 rings (SSSR count). The van der Waals surface area contributed by atoms with E-state index in [1.807, 2.05) is 13.8 Å². The molecule has 1 amide bonds. The number of aliphatic carboxylic acids is 1. The van der Waals surface area contributed by atoms with E-state index in [1.54, 1.807) is 0 Å². The van der Waals surface area contributed by atoms with Crippen LogP contribution in [0.15, 0.2) is 0 Å². The number of nitrogens with two attached hydrogens (primary N) is 1. The number of hydrogen-bond acceptors (Lipinski definition) is 4. The highest BCUT2D eigenvalue weighted by Gasteiger charge is 2.41. The lowest BCUT2D eigenvalue weighted by Crippen LogP contribution is -2.50. The average molecular weight is 244 g/mol. The molecule has 4 N–H and O–H groups in total. The molecule has 1 aliphatic heterocycles. The molecule has 0 aromatic rings. The molecule has 1 heterocycles. The topological polar surface area (TPSA) is 104 Å². The van der Waals surface area contributed by atoms with E-state index < -0.39 is 24.2 Å². The molecular formula is C11H20N2O4. The lowest BCUT2D eigenvalue weighted by atomic mass is 9.98. The van der Waals surface area contributed by atoms with Crippen LogP contribution in [0.4, 0.5) is 0 Å². The third-order valence-corrected chi connectivity index (χ3v) is 3.39. The lowest BCUT2D eigenvalue weighted by Gasteiger charge is -2.27. The van der Waals surface area contributed by atoms with Crippen LogP contribution in [0.1, 0.15) is 26.7 Å². The Hall–Kier alpha value is -1.14. The van der Waals surface area contributed by atoms with Crippen molar-refractivity contribution in [1.82, 2.24) is 4.90 Å². The van der Waals surface area contributed by atoms with Crippen molar-refractivity contribution in [1.29, 1.82) is 0 Å². The molecule has 1 fully saturated rings. The minimum absolute atomic E-state index is 0.00492. The number of hydrogen-bond donors (Lipinski definition) is 3. The van der Waals surface area contributed by atoms with Gasteiger partial charge in [-0.3, -0.25) is 4.79 Å². The third kappa shape index (κ3) is 2.95. The van der Waals surface area contributed by atoms with E-state index in [4.69, 9.17) is 10.8 Å². The smallest absolute Gasteiger partial charge is 0.326 e. The number of aliphatic hydroxyl groups excluding tert-OH is 1. The lowest BCUT2D eigenvalue weighted by molar-refractivity contribution is -0.149. The van der Waals surface area contributed by atoms with Crippen LogP contribution in [0.25, 0.3) is 0 Å². The Kier molecular flexibility index (Phi) is 4.47. The number of carbonyl (C=O) groups excluding carboxylic acids is 1. The Morgan fingerprint density at radius 1 is 1.53 bits per heavy atom. The van der Waals surface area contributed by atoms with Gasteiger partial charge in [-0.25, -0.2) is 4.79 Å². The van der Waals surface area contributed by atoms with Crippen molar-refractivity contribution in [3.05, 3.63) is 0 Å². The molecule has 98 valence electrons. The van der Waals surface area contributed by atoms with Crippen LogP contribution >= 0.6 is 0 Å². The molecule has 0 spiro atoms. The van der Waals surface area contributed by atoms with Gasteiger partial charge in [0.1, 0.15) is 6.04 Å². The molecule has 1 saturated heterocycles. The van der Waals surface area contributed by atoms with Gasteiger partial charge < -0.3 is 20.8 Å². The van der Waals surface area contributed by atoms with Crippen LogP contribution in [-0.2, 0) is 9.59 Å². The molecule has 4 atom stereocenters. The number of carboxylic acid groups (broad SMARTS) is 1. The second-order valence-corrected chi connectivity index (χ2v) is 4.65. The molecule has 0 radical (unpaired) electrons. The zero-order valence-corrected chi connectivity index (χ0v) is 10.2. The van der Waals surface area contributed by atoms with Crippen molar-refractivity contribution >= 4 is 11.9 Å². The Labute approximate surface area is 100 Å². The Morgan fingerprint density at radius 3 is 2.59 bits per heavy atom. The van der Waals surface area contributed by atoms with Gasteiger partial charge in [0.15, 0.2) is 0 Å². The summed E-state index contributed by atoms with van der Waals surface area (Å²) in [6, 6.07) is -1.65. The summed E-state index contributed by atoms with van der Waals surface area (Å²) in [5.74, 6) is -1.48. The van der Waals surface area contributed by atoms with Crippen LogP contribution in [0.5, 0.6) is 0 Å². The number of nitrogens with zero attached hydrogens (tertiary/aromatic N) is 1. The molecule has 6 heteroatoms. The number of carboxylic acids is 1. The number of β-amino-alcohol motifs (C(OH)–C–C–N with tert-alkyl or cyclic N) is 1. The van der Waals surface area contributed by atoms with Gasteiger partial charge in [0, 0.05) is 13.0 Å². The van der Waals surface area contributed by atoms with Gasteiger partial charge in [0.05, 0.1) is 12.1 Å². The van der Waals surface area contributed by atoms with Gasteiger partial charge in [-0.05, 0) is 5.92 Å². The minimum Gasteiger partial charge on any atom is -0.480 e. The summed E-state index contributed by atoms with van der Waals surface area (Å²) >= 11 is 0. The fourth-order valence-electron chi connectivity index (χ4n) is 1.98. The molecule has 1 aliphatic rings. The van der Waals surface area contributed by atoms with Gasteiger partial charge in [0.25, 0.3) is 0 Å². The number of rotatable bonds is 4. The van der Waals surface area contributed by atoms with Crippen molar-refractivity contribution < 1.29 is 19.8 Å². The predicted molar refractivity (Wildman–Crippen MR) is 61.2 cm³/mol. The first-order chi connectivity index (χ1) is 7.88. The quantitative estimate of drug-likeness (QED) is 0.613. The van der Waals surface area contributed by atoms with Gasteiger partial charge in [-0.2, -0.15) is 0 Å². The van der Waals surface area contributed by atoms with Crippen LogP contribution in [-0.4, -0.2) is 51.7 Å². The zero-order valence-electron chi connectivity index (χ0n) is 10.2. The first kappa shape index (κ1) is 13.9. The molecular weight excluding hydrogens is 224 g/mol. The summed E-state index contributed by atoms with van der Waals surface area (Å²) in [7, 11) is 0. The summed E-state index contributed by atoms with van der Waals surface area (Å²) < 4.78 is 0. The fraction of sp³-hybridized carbons (Fsp3) is 0.818. The molecule has 0 aromatic heterocycles. The molecule has 2 unspecified atom stereocenters. The van der Waals surface area contributed by atoms with Crippen LogP contribution in [0.2, 0.25) is 0 Å². The molecule has 0 aliphatic carbocycles. The minimum atomic E-state index is -1.09. The monoisotopic (exact) mass is 244 g/mol. The fourth-order valence-corrected chi connectivity index (χ4v) is 1.98. The summed E-state index contributed by atoms with van der Waals surface area (Å²) in [5.41, 5.74) is 5.79. The molecule has 17 heavy (non-hydrogen) atoms. The van der Waals surface area contributed by atoms with E-state index >= 15 is 0 Å². The second kappa shape index (κ2) is 5.46. The standard InChI is InChI=1S/C11H20N2O4/c1-3-6(2)9(12)10(15)13-5-7(14)4-8(13)11(16)17/h6-9,14H,3-5,12H2,1-2H3,(H,16,17)/t6-,7?,8?,9-/m0/s1. The van der Waals surface area contributed by atoms with Gasteiger partial charge >= 0.3 is 5.97 Å². The normalized spacial score (nSPS) is 27.9. The van der Waals surface area contributed by atoms with Crippen LogP contribution < -0.4 is 5.73 Å². The first-order valence-corrected chi connectivity index (χ1v) is 5.85. The maximum atomic E-state index is 12.0. The van der Waals surface area contributed by atoms with Crippen molar-refractivity contribution in [3.8, 4) is 0 Å². The highest BCUT2D eigenvalue weighted by atomic mass is 16.4. The van der Waals surface area contributed by atoms with E-state index in [0.717, 1.165) is 6.42 Å². The van der Waals surface area contributed by atoms with E-state index in [1.165, 1.54) is 4.90 Å². The van der Waals surface area contributed by atoms with Gasteiger partial charge in [-0.15, -0.1) is 0 Å². The molecule has 0 aromatic carbocycles. The van der Waals surface area contributed by atoms with Crippen molar-refractivity contribution in [2.45, 2.75) is 44.9 Å². The summed E-state index contributed by atoms with van der Waals surface area (Å²) in [6.07, 6.45) is 0.0548. The second-order valence-electron chi connectivity index (χ2n) is 4.65. The first-order valence-electron chi connectivity index (χ1n) is 5.85. The number of amides is 1. The number of aliphatic hydroxyl groups is 1. The Morgan fingerprint density at radius 2 is 2.12 bits per heavy atom. The van der Waals surface area contributed by atoms with E-state index in [9.17, 15) is 14.7 Å². The van der Waals surface area contributed by atoms with E-state index in [2.05, 4.69) is 0 Å². The number of carbonyl (C=O) groups is 2. The third-order valence-electron chi connectivity index (χ3n) is 3.39. The highest BCUT2D eigenvalue weighted by molar-refractivity contribution is 5.87. The number of likely N-dealkylation sites (tertiary alicyclic amines) is 1. The van der Waals surface area contributed by atoms with Crippen LogP contribution in [0.3, 0.4) is 0 Å². The predicted octanol–water partition coefficient (Wildman–Crippen LogP) is -0.594. The SMILES string of the molecule is CC[C@H](C)[C@H](N)C(=O)N1CC(O)CC1C(=O)O. The average Bonchev–Trinajstić information content (AvgIpc) is 2.68. The van der Waals surface area contributed by atoms with E-state index in [0.29, 0.717) is 0 Å². The summed E-state index contributed by atoms with van der Waals surface area (Å²) in [5, 5.41) is 18.4. The summed E-state index contributed by atoms with van der Waals surface area (Å²) in [6.45, 7) is 3.83. The molecule has 0 bridgehead atoms. The zero-order chi connectivity index (χ0) is 13.2. The van der Waals surface area contributed by atoms with Crippen LogP contribution in [0, 0.1) is 5.92 Å². The highest BCUT2D eigenvalue weighted by Crippen LogP contribution is 2.20. The van der Waals surface area contributed by atoms with Gasteiger partial charge in [0.2, 0.25) is 5.91 Å². The summed E-state index contributed by atoms with van der Waals surface area (Å²) in [4.78, 5) is 24.2. The van der Waals surface area contributed by atoms with E-state index in [-0.39, 0.29) is 24.8 Å². The molecule has 6 nitrogen and oxygen atoms in total. The van der Waals surface area contributed by atoms with Crippen molar-refractivity contribution in [3.63, 3.8) is 0 Å². The Balaban J connectivity index is 2.77. The van der Waals surface area contributed by atoms with Crippen molar-refractivity contribution in [2.75, 3.05) is 6.54 Å². The van der Waals surface area contributed by atoms with Crippen molar-refractivity contribution in [2.24, 2.45) is 11.7 Å². The maximum absolute atomic E-state index is 12.0. The maximum Gasteiger partial charge on any atom is 0.326 e. The van der Waals surface area contributed by atoms with Gasteiger partial charge in [-0.1, -0.05) is 20.3 Å². The largest absolute Gasteiger partial charge is 0.480 e. The molecule has 0 saturated carbocycles. The Bertz CT molecular complexity index is 308.